The summed E-state index contributed by atoms with van der Waals surface area (Å²) in [7, 11) is 1.51. The highest BCUT2D eigenvalue weighted by molar-refractivity contribution is 8.18. The molecule has 1 aromatic carbocycles. The number of carboxylic acids is 1. The number of carbonyl (C=O) groups is 4. The molecule has 0 saturated carbocycles. The maximum Gasteiger partial charge on any atom is 0.326 e. The van der Waals surface area contributed by atoms with E-state index in [0.717, 1.165) is 23.1 Å². The van der Waals surface area contributed by atoms with Crippen molar-refractivity contribution in [1.82, 2.24) is 9.80 Å². The van der Waals surface area contributed by atoms with Crippen LogP contribution in [0, 0.1) is 0 Å². The molecule has 2 saturated heterocycles. The predicted molar refractivity (Wildman–Crippen MR) is 103 cm³/mol. The van der Waals surface area contributed by atoms with Crippen molar-refractivity contribution in [2.24, 2.45) is 0 Å². The van der Waals surface area contributed by atoms with Crippen LogP contribution >= 0.6 is 11.8 Å². The van der Waals surface area contributed by atoms with Crippen LogP contribution in [0.3, 0.4) is 0 Å². The smallest absolute Gasteiger partial charge is 0.326 e. The van der Waals surface area contributed by atoms with E-state index in [0.29, 0.717) is 30.7 Å². The number of ether oxygens (including phenoxy) is 1. The van der Waals surface area contributed by atoms with Crippen LogP contribution < -0.4 is 4.74 Å². The molecule has 28 heavy (non-hydrogen) atoms. The summed E-state index contributed by atoms with van der Waals surface area (Å²) in [6, 6.07) is 6.15. The first kappa shape index (κ1) is 19.9. The molecule has 2 aliphatic heterocycles. The Labute approximate surface area is 166 Å². The van der Waals surface area contributed by atoms with Gasteiger partial charge in [0.1, 0.15) is 18.3 Å². The minimum atomic E-state index is -1.07. The first-order chi connectivity index (χ1) is 13.4. The second-order valence-electron chi connectivity index (χ2n) is 6.45. The number of benzene rings is 1. The number of amides is 3. The number of para-hydroxylation sites is 1. The Morgan fingerprint density at radius 1 is 1.29 bits per heavy atom. The lowest BCUT2D eigenvalue weighted by atomic mass is 10.0. The van der Waals surface area contributed by atoms with Gasteiger partial charge in [-0.3, -0.25) is 19.3 Å². The summed E-state index contributed by atoms with van der Waals surface area (Å²) in [6.45, 7) is -0.152. The number of thioether (sulfide) groups is 1. The van der Waals surface area contributed by atoms with Gasteiger partial charge in [-0.05, 0) is 43.2 Å². The van der Waals surface area contributed by atoms with E-state index in [9.17, 15) is 24.3 Å². The number of methoxy groups -OCH3 is 1. The van der Waals surface area contributed by atoms with E-state index in [4.69, 9.17) is 4.74 Å². The van der Waals surface area contributed by atoms with Crippen LogP contribution in [0.2, 0.25) is 0 Å². The molecule has 0 unspecified atom stereocenters. The van der Waals surface area contributed by atoms with Gasteiger partial charge in [0.25, 0.3) is 11.1 Å². The lowest BCUT2D eigenvalue weighted by molar-refractivity contribution is -0.152. The van der Waals surface area contributed by atoms with Gasteiger partial charge in [0.2, 0.25) is 5.91 Å². The van der Waals surface area contributed by atoms with Crippen molar-refractivity contribution < 1.29 is 29.0 Å². The molecule has 0 bridgehead atoms. The van der Waals surface area contributed by atoms with Crippen molar-refractivity contribution in [1.29, 1.82) is 0 Å². The first-order valence-electron chi connectivity index (χ1n) is 8.83. The molecule has 2 aliphatic rings. The summed E-state index contributed by atoms with van der Waals surface area (Å²) in [5, 5.41) is 8.76. The molecule has 0 radical (unpaired) electrons. The number of carbonyl (C=O) groups excluding carboxylic acids is 3. The first-order valence-corrected chi connectivity index (χ1v) is 9.64. The molecule has 0 spiro atoms. The second-order valence-corrected chi connectivity index (χ2v) is 7.44. The number of hydrogen-bond donors (Lipinski definition) is 1. The second kappa shape index (κ2) is 8.47. The Morgan fingerprint density at radius 2 is 2.04 bits per heavy atom. The molecule has 1 atom stereocenters. The number of aliphatic carboxylic acids is 1. The average molecular weight is 404 g/mol. The summed E-state index contributed by atoms with van der Waals surface area (Å²) in [5.41, 5.74) is 0.642. The van der Waals surface area contributed by atoms with Crippen molar-refractivity contribution in [3.8, 4) is 5.75 Å². The van der Waals surface area contributed by atoms with Crippen molar-refractivity contribution in [2.75, 3.05) is 20.2 Å². The molecule has 9 heteroatoms. The van der Waals surface area contributed by atoms with Gasteiger partial charge in [0.05, 0.1) is 12.0 Å². The number of imide groups is 1. The molecule has 1 N–H and O–H groups in total. The summed E-state index contributed by atoms with van der Waals surface area (Å²) in [6.07, 6.45) is 3.35. The molecule has 8 nitrogen and oxygen atoms in total. The molecule has 3 amide bonds. The highest BCUT2D eigenvalue weighted by atomic mass is 32.2. The minimum Gasteiger partial charge on any atom is -0.496 e. The van der Waals surface area contributed by atoms with Gasteiger partial charge in [0, 0.05) is 12.1 Å². The highest BCUT2D eigenvalue weighted by Gasteiger charge is 2.39. The Morgan fingerprint density at radius 3 is 2.75 bits per heavy atom. The lowest BCUT2D eigenvalue weighted by Gasteiger charge is -2.33. The summed E-state index contributed by atoms with van der Waals surface area (Å²) in [4.78, 5) is 51.2. The maximum absolute atomic E-state index is 12.6. The van der Waals surface area contributed by atoms with Gasteiger partial charge < -0.3 is 14.7 Å². The number of hydrogen-bond acceptors (Lipinski definition) is 6. The third-order valence-corrected chi connectivity index (χ3v) is 5.61. The summed E-state index contributed by atoms with van der Waals surface area (Å²) >= 11 is 0.747. The van der Waals surface area contributed by atoms with E-state index in [-0.39, 0.29) is 4.91 Å². The largest absolute Gasteiger partial charge is 0.496 e. The van der Waals surface area contributed by atoms with Crippen molar-refractivity contribution >= 4 is 40.9 Å². The number of carboxylic acid groups (broad SMARTS) is 1. The van der Waals surface area contributed by atoms with Gasteiger partial charge in [-0.15, -0.1) is 0 Å². The zero-order valence-electron chi connectivity index (χ0n) is 15.3. The quantitative estimate of drug-likeness (QED) is 0.750. The maximum atomic E-state index is 12.6. The Kier molecular flexibility index (Phi) is 6.03. The molecule has 2 heterocycles. The Bertz CT molecular complexity index is 853. The fraction of sp³-hybridized carbons (Fsp3) is 0.368. The molecule has 1 aromatic rings. The number of likely N-dealkylation sites (tertiary alicyclic amines) is 1. The van der Waals surface area contributed by atoms with Crippen molar-refractivity contribution in [2.45, 2.75) is 25.3 Å². The molecular weight excluding hydrogens is 384 g/mol. The zero-order valence-corrected chi connectivity index (χ0v) is 16.1. The van der Waals surface area contributed by atoms with Crippen LogP contribution in [0.25, 0.3) is 6.08 Å². The molecule has 0 aliphatic carbocycles. The minimum absolute atomic E-state index is 0.190. The van der Waals surface area contributed by atoms with Gasteiger partial charge in [-0.25, -0.2) is 4.79 Å². The average Bonchev–Trinajstić information content (AvgIpc) is 2.95. The lowest BCUT2D eigenvalue weighted by Crippen LogP contribution is -2.51. The Balaban J connectivity index is 1.76. The topological polar surface area (TPSA) is 104 Å². The number of nitrogens with zero attached hydrogens (tertiary/aromatic N) is 2. The third-order valence-electron chi connectivity index (χ3n) is 4.70. The van der Waals surface area contributed by atoms with E-state index < -0.39 is 35.6 Å². The normalized spacial score (nSPS) is 21.3. The van der Waals surface area contributed by atoms with Crippen LogP contribution in [-0.2, 0) is 14.4 Å². The number of rotatable bonds is 5. The molecule has 2 fully saturated rings. The Hall–Kier alpha value is -2.81. The summed E-state index contributed by atoms with van der Waals surface area (Å²) in [5.74, 6) is -1.62. The monoisotopic (exact) mass is 404 g/mol. The van der Waals surface area contributed by atoms with Crippen LogP contribution in [0.1, 0.15) is 24.8 Å². The van der Waals surface area contributed by atoms with Gasteiger partial charge >= 0.3 is 5.97 Å². The van der Waals surface area contributed by atoms with Crippen molar-refractivity contribution in [3.63, 3.8) is 0 Å². The molecular formula is C19H20N2O6S. The molecule has 3 rings (SSSR count). The van der Waals surface area contributed by atoms with Gasteiger partial charge in [0.15, 0.2) is 0 Å². The third kappa shape index (κ3) is 4.04. The van der Waals surface area contributed by atoms with Crippen LogP contribution in [0.5, 0.6) is 5.75 Å². The summed E-state index contributed by atoms with van der Waals surface area (Å²) < 4.78 is 5.24. The van der Waals surface area contributed by atoms with Crippen LogP contribution in [0.15, 0.2) is 29.2 Å². The van der Waals surface area contributed by atoms with Crippen LogP contribution in [0.4, 0.5) is 4.79 Å². The van der Waals surface area contributed by atoms with E-state index in [2.05, 4.69) is 0 Å². The van der Waals surface area contributed by atoms with Crippen LogP contribution in [-0.4, -0.2) is 64.2 Å². The number of piperidine rings is 1. The standard InChI is InChI=1S/C19H20N2O6S/c1-27-14-8-3-2-6-12(14)10-15-17(23)21(19(26)28-15)11-16(22)20-9-5-4-7-13(20)18(24)25/h2-3,6,8,10,13H,4-5,7,9,11H2,1H3,(H,24,25)/b15-10+/t13-/m0/s1. The van der Waals surface area contributed by atoms with E-state index in [1.54, 1.807) is 30.3 Å². The fourth-order valence-electron chi connectivity index (χ4n) is 3.28. The van der Waals surface area contributed by atoms with E-state index in [1.807, 2.05) is 0 Å². The molecule has 148 valence electrons. The predicted octanol–water partition coefficient (Wildman–Crippen LogP) is 2.20. The SMILES string of the molecule is COc1ccccc1/C=C1/SC(=O)N(CC(=O)N2CCCC[C@H]2C(=O)O)C1=O. The zero-order chi connectivity index (χ0) is 20.3. The van der Waals surface area contributed by atoms with E-state index in [1.165, 1.54) is 12.0 Å². The van der Waals surface area contributed by atoms with E-state index >= 15 is 0 Å². The highest BCUT2D eigenvalue weighted by Crippen LogP contribution is 2.34. The van der Waals surface area contributed by atoms with Gasteiger partial charge in [-0.1, -0.05) is 18.2 Å². The van der Waals surface area contributed by atoms with Gasteiger partial charge in [-0.2, -0.15) is 0 Å². The fourth-order valence-corrected chi connectivity index (χ4v) is 4.11. The van der Waals surface area contributed by atoms with Crippen molar-refractivity contribution in [3.05, 3.63) is 34.7 Å². The molecule has 0 aromatic heterocycles.